The van der Waals surface area contributed by atoms with Gasteiger partial charge in [-0.1, -0.05) is 108 Å². The highest BCUT2D eigenvalue weighted by Crippen LogP contribution is 2.43. The van der Waals surface area contributed by atoms with E-state index in [9.17, 15) is 14.3 Å². The molecule has 0 aliphatic carbocycles. The fourth-order valence-electron chi connectivity index (χ4n) is 4.01. The van der Waals surface area contributed by atoms with Crippen LogP contribution < -0.4 is 5.73 Å². The normalized spacial score (nSPS) is 14.3. The van der Waals surface area contributed by atoms with Crippen LogP contribution in [0.1, 0.15) is 123 Å². The summed E-state index contributed by atoms with van der Waals surface area (Å²) in [4.78, 5) is 22.2. The summed E-state index contributed by atoms with van der Waals surface area (Å²) < 4.78 is 33.0. The van der Waals surface area contributed by atoms with Gasteiger partial charge in [-0.2, -0.15) is 0 Å². The smallest absolute Gasteiger partial charge is 0.457 e. The predicted molar refractivity (Wildman–Crippen MR) is 169 cm³/mol. The molecule has 8 nitrogen and oxygen atoms in total. The van der Waals surface area contributed by atoms with Gasteiger partial charge in [0, 0.05) is 19.6 Å². The first-order valence-corrected chi connectivity index (χ1v) is 17.5. The maximum atomic E-state index is 12.4. The predicted octanol–water partition coefficient (Wildman–Crippen LogP) is 8.35. The van der Waals surface area contributed by atoms with Crippen LogP contribution in [-0.4, -0.2) is 49.9 Å². The minimum atomic E-state index is -4.26. The summed E-state index contributed by atoms with van der Waals surface area (Å²) in [6.07, 6.45) is 30.2. The van der Waals surface area contributed by atoms with Crippen LogP contribution in [0.4, 0.5) is 0 Å². The average Bonchev–Trinajstić information content (AvgIpc) is 2.96. The molecule has 0 fully saturated rings. The average molecular weight is 602 g/mol. The largest absolute Gasteiger partial charge is 0.472 e. The van der Waals surface area contributed by atoms with Crippen molar-refractivity contribution in [2.24, 2.45) is 5.73 Å². The molecule has 0 bridgehead atoms. The second kappa shape index (κ2) is 30.2. The van der Waals surface area contributed by atoms with Crippen molar-refractivity contribution in [2.45, 2.75) is 129 Å². The Morgan fingerprint density at radius 1 is 0.756 bits per heavy atom. The first-order valence-electron chi connectivity index (χ1n) is 16.0. The van der Waals surface area contributed by atoms with Crippen molar-refractivity contribution in [3.05, 3.63) is 36.5 Å². The Labute approximate surface area is 250 Å². The molecule has 0 saturated carbocycles. The molecule has 41 heavy (non-hydrogen) atoms. The lowest BCUT2D eigenvalue weighted by molar-refractivity contribution is -0.154. The van der Waals surface area contributed by atoms with Crippen LogP contribution in [0, 0.1) is 0 Å². The quantitative estimate of drug-likeness (QED) is 0.0365. The van der Waals surface area contributed by atoms with E-state index < -0.39 is 13.9 Å². The van der Waals surface area contributed by atoms with Gasteiger partial charge < -0.3 is 20.1 Å². The van der Waals surface area contributed by atoms with Crippen LogP contribution in [0.15, 0.2) is 36.5 Å². The second-order valence-corrected chi connectivity index (χ2v) is 11.7. The van der Waals surface area contributed by atoms with Crippen LogP contribution in [0.25, 0.3) is 0 Å². The van der Waals surface area contributed by atoms with Gasteiger partial charge in [0.15, 0.2) is 0 Å². The molecule has 0 aromatic carbocycles. The maximum absolute atomic E-state index is 12.4. The Hall–Kier alpha value is -1.28. The van der Waals surface area contributed by atoms with Crippen molar-refractivity contribution >= 4 is 13.8 Å². The van der Waals surface area contributed by atoms with E-state index in [1.54, 1.807) is 0 Å². The van der Waals surface area contributed by atoms with Gasteiger partial charge in [-0.15, -0.1) is 0 Å². The van der Waals surface area contributed by atoms with Gasteiger partial charge >= 0.3 is 13.8 Å². The van der Waals surface area contributed by atoms with E-state index in [0.29, 0.717) is 13.0 Å². The summed E-state index contributed by atoms with van der Waals surface area (Å²) in [6, 6.07) is 0. The summed E-state index contributed by atoms with van der Waals surface area (Å²) in [5.74, 6) is -0.352. The molecule has 0 aromatic rings. The van der Waals surface area contributed by atoms with E-state index in [4.69, 9.17) is 24.3 Å². The van der Waals surface area contributed by atoms with Crippen molar-refractivity contribution in [3.63, 3.8) is 0 Å². The number of unbranched alkanes of at least 4 members (excludes halogenated alkanes) is 11. The van der Waals surface area contributed by atoms with Crippen LogP contribution in [0.5, 0.6) is 0 Å². The first kappa shape index (κ1) is 39.7. The number of ether oxygens (including phenoxy) is 2. The molecule has 0 aliphatic rings. The number of rotatable bonds is 30. The van der Waals surface area contributed by atoms with Crippen molar-refractivity contribution in [3.8, 4) is 0 Å². The number of hydrogen-bond donors (Lipinski definition) is 2. The van der Waals surface area contributed by atoms with Gasteiger partial charge in [0.25, 0.3) is 0 Å². The Morgan fingerprint density at radius 3 is 2.05 bits per heavy atom. The molecule has 3 N–H and O–H groups in total. The minimum Gasteiger partial charge on any atom is -0.457 e. The molecule has 0 spiro atoms. The molecule has 0 saturated heterocycles. The molecule has 0 rings (SSSR count). The maximum Gasteiger partial charge on any atom is 0.472 e. The highest BCUT2D eigenvalue weighted by atomic mass is 31.2. The van der Waals surface area contributed by atoms with Crippen molar-refractivity contribution in [2.75, 3.05) is 33.0 Å². The summed E-state index contributed by atoms with van der Waals surface area (Å²) in [6.45, 7) is 4.72. The number of phosphoric acid groups is 1. The molecule has 240 valence electrons. The number of nitrogens with two attached hydrogens (primary N) is 1. The van der Waals surface area contributed by atoms with Gasteiger partial charge in [0.2, 0.25) is 0 Å². The summed E-state index contributed by atoms with van der Waals surface area (Å²) >= 11 is 0. The number of carbonyl (C=O) groups is 1. The fourth-order valence-corrected chi connectivity index (χ4v) is 4.77. The van der Waals surface area contributed by atoms with Crippen LogP contribution >= 0.6 is 7.82 Å². The molecule has 2 atom stereocenters. The Kier molecular flexibility index (Phi) is 29.2. The zero-order valence-electron chi connectivity index (χ0n) is 26.0. The molecule has 0 aromatic heterocycles. The lowest BCUT2D eigenvalue weighted by Crippen LogP contribution is -2.28. The Morgan fingerprint density at radius 2 is 1.37 bits per heavy atom. The Bertz CT molecular complexity index is 727. The molecule has 0 aliphatic heterocycles. The molecule has 9 heteroatoms. The van der Waals surface area contributed by atoms with E-state index in [0.717, 1.165) is 70.6 Å². The summed E-state index contributed by atoms with van der Waals surface area (Å²) in [7, 11) is -4.26. The number of allylic oxidation sites excluding steroid dienone is 6. The van der Waals surface area contributed by atoms with E-state index in [-0.39, 0.29) is 32.3 Å². The van der Waals surface area contributed by atoms with Gasteiger partial charge in [0.05, 0.1) is 19.8 Å². The number of hydrogen-bond acceptors (Lipinski definition) is 7. The highest BCUT2D eigenvalue weighted by molar-refractivity contribution is 7.47. The van der Waals surface area contributed by atoms with Gasteiger partial charge in [-0.3, -0.25) is 13.8 Å². The SMILES string of the molecule is CC/C=C\C/C=C\C/C=C\CCCCCCCC(=O)OC(COCCCCCCCCC)COP(=O)(O)OCCN. The van der Waals surface area contributed by atoms with Crippen LogP contribution in [0.2, 0.25) is 0 Å². The van der Waals surface area contributed by atoms with Crippen molar-refractivity contribution in [1.29, 1.82) is 0 Å². The van der Waals surface area contributed by atoms with E-state index >= 15 is 0 Å². The standard InChI is InChI=1S/C32H60NO7P/c1-3-5-7-9-11-12-13-14-15-16-17-18-19-21-23-25-32(34)40-31(30-39-41(35,36)38-28-26-33)29-37-27-24-22-20-10-8-6-4-2/h5,7,11-12,14-15,31H,3-4,6,8-10,13,16-30,33H2,1-2H3,(H,35,36)/b7-5-,12-11-,15-14-. The van der Waals surface area contributed by atoms with Gasteiger partial charge in [-0.25, -0.2) is 4.57 Å². The molecule has 2 unspecified atom stereocenters. The minimum absolute atomic E-state index is 0.0968. The lowest BCUT2D eigenvalue weighted by atomic mass is 10.1. The van der Waals surface area contributed by atoms with Crippen molar-refractivity contribution < 1.29 is 32.8 Å². The summed E-state index contributed by atoms with van der Waals surface area (Å²) in [5.41, 5.74) is 5.32. The van der Waals surface area contributed by atoms with Crippen molar-refractivity contribution in [1.82, 2.24) is 0 Å². The zero-order valence-corrected chi connectivity index (χ0v) is 26.9. The number of esters is 1. The van der Waals surface area contributed by atoms with E-state index in [1.165, 1.54) is 32.1 Å². The number of phosphoric ester groups is 1. The first-order chi connectivity index (χ1) is 19.9. The molecular weight excluding hydrogens is 541 g/mol. The van der Waals surface area contributed by atoms with E-state index in [1.807, 2.05) is 0 Å². The third kappa shape index (κ3) is 30.0. The van der Waals surface area contributed by atoms with Gasteiger partial charge in [0.1, 0.15) is 6.10 Å². The fraction of sp³-hybridized carbons (Fsp3) is 0.781. The molecular formula is C32H60NO7P. The Balaban J connectivity index is 4.16. The third-order valence-corrected chi connectivity index (χ3v) is 7.31. The third-order valence-electron chi connectivity index (χ3n) is 6.32. The van der Waals surface area contributed by atoms with Gasteiger partial charge in [-0.05, 0) is 44.9 Å². The lowest BCUT2D eigenvalue weighted by Gasteiger charge is -2.20. The molecule has 0 radical (unpaired) electrons. The monoisotopic (exact) mass is 601 g/mol. The van der Waals surface area contributed by atoms with E-state index in [2.05, 4.69) is 50.3 Å². The zero-order chi connectivity index (χ0) is 30.3. The highest BCUT2D eigenvalue weighted by Gasteiger charge is 2.25. The number of carbonyl (C=O) groups excluding carboxylic acids is 1. The van der Waals surface area contributed by atoms with Crippen LogP contribution in [0.3, 0.4) is 0 Å². The topological polar surface area (TPSA) is 117 Å². The molecule has 0 amide bonds. The molecule has 0 heterocycles. The van der Waals surface area contributed by atoms with Crippen LogP contribution in [-0.2, 0) is 27.9 Å². The second-order valence-electron chi connectivity index (χ2n) is 10.3. The summed E-state index contributed by atoms with van der Waals surface area (Å²) in [5, 5.41) is 0.